The fraction of sp³-hybridized carbons (Fsp3) is 0.316. The molecule has 2 amide bonds. The molecule has 1 fully saturated rings. The Morgan fingerprint density at radius 3 is 2.27 bits per heavy atom. The molecule has 2 N–H and O–H groups in total. The predicted octanol–water partition coefficient (Wildman–Crippen LogP) is 2.21. The summed E-state index contributed by atoms with van der Waals surface area (Å²) >= 11 is 0. The van der Waals surface area contributed by atoms with Crippen LogP contribution in [0.15, 0.2) is 42.6 Å². The number of amides is 2. The molecule has 7 heteroatoms. The highest BCUT2D eigenvalue weighted by molar-refractivity contribution is 6.03. The number of likely N-dealkylation sites (tertiary alicyclic amines) is 1. The number of anilines is 1. The number of nitrogens with one attached hydrogen (secondary N) is 1. The van der Waals surface area contributed by atoms with Gasteiger partial charge in [-0.3, -0.25) is 14.4 Å². The van der Waals surface area contributed by atoms with Gasteiger partial charge in [0.2, 0.25) is 0 Å². The number of rotatable bonds is 4. The number of aliphatic carboxylic acids is 1. The van der Waals surface area contributed by atoms with Gasteiger partial charge >= 0.3 is 5.97 Å². The zero-order valence-electron chi connectivity index (χ0n) is 14.5. The Balaban J connectivity index is 1.61. The van der Waals surface area contributed by atoms with Crippen LogP contribution in [0.4, 0.5) is 5.69 Å². The lowest BCUT2D eigenvalue weighted by atomic mass is 9.96. The zero-order valence-corrected chi connectivity index (χ0v) is 14.5. The number of nitrogens with zero attached hydrogens (tertiary/aromatic N) is 2. The Bertz CT molecular complexity index is 818. The smallest absolute Gasteiger partial charge is 0.306 e. The summed E-state index contributed by atoms with van der Waals surface area (Å²) in [5.41, 5.74) is 1.68. The first-order chi connectivity index (χ1) is 12.5. The van der Waals surface area contributed by atoms with Crippen molar-refractivity contribution in [3.63, 3.8) is 0 Å². The summed E-state index contributed by atoms with van der Waals surface area (Å²) in [6.07, 6.45) is 2.75. The van der Waals surface area contributed by atoms with Crippen LogP contribution < -0.4 is 5.32 Å². The van der Waals surface area contributed by atoms with Crippen LogP contribution in [0.5, 0.6) is 0 Å². The second-order valence-corrected chi connectivity index (χ2v) is 6.44. The second kappa shape index (κ2) is 7.43. The second-order valence-electron chi connectivity index (χ2n) is 6.44. The molecule has 2 heterocycles. The molecular weight excluding hydrogens is 334 g/mol. The minimum Gasteiger partial charge on any atom is -0.481 e. The van der Waals surface area contributed by atoms with Gasteiger partial charge < -0.3 is 19.9 Å². The van der Waals surface area contributed by atoms with E-state index < -0.39 is 5.97 Å². The predicted molar refractivity (Wildman–Crippen MR) is 96.1 cm³/mol. The SMILES string of the molecule is Cn1cccc1C(=O)Nc1ccc(C(=O)N2CCC(C(=O)O)CC2)cc1. The normalized spacial score (nSPS) is 14.9. The van der Waals surface area contributed by atoms with Crippen molar-refractivity contribution in [1.29, 1.82) is 0 Å². The van der Waals surface area contributed by atoms with E-state index in [-0.39, 0.29) is 17.7 Å². The van der Waals surface area contributed by atoms with E-state index in [4.69, 9.17) is 5.11 Å². The Morgan fingerprint density at radius 2 is 1.73 bits per heavy atom. The molecule has 0 unspecified atom stereocenters. The van der Waals surface area contributed by atoms with Gasteiger partial charge in [0.05, 0.1) is 5.92 Å². The third-order valence-electron chi connectivity index (χ3n) is 4.70. The lowest BCUT2D eigenvalue weighted by molar-refractivity contribution is -0.143. The molecule has 2 aromatic rings. The van der Waals surface area contributed by atoms with Gasteiger partial charge in [-0.15, -0.1) is 0 Å². The molecule has 3 rings (SSSR count). The first-order valence-corrected chi connectivity index (χ1v) is 8.50. The third-order valence-corrected chi connectivity index (χ3v) is 4.70. The van der Waals surface area contributed by atoms with E-state index in [1.54, 1.807) is 59.1 Å². The van der Waals surface area contributed by atoms with Crippen molar-refractivity contribution in [2.24, 2.45) is 13.0 Å². The number of carboxylic acids is 1. The number of carbonyl (C=O) groups excluding carboxylic acids is 2. The van der Waals surface area contributed by atoms with Crippen LogP contribution in [0, 0.1) is 5.92 Å². The topological polar surface area (TPSA) is 91.6 Å². The molecule has 1 aliphatic rings. The van der Waals surface area contributed by atoms with Gasteiger partial charge in [-0.05, 0) is 49.2 Å². The summed E-state index contributed by atoms with van der Waals surface area (Å²) in [6, 6.07) is 10.3. The molecule has 1 aromatic carbocycles. The standard InChI is InChI=1S/C19H21N3O4/c1-21-10-2-3-16(21)17(23)20-15-6-4-13(5-7-15)18(24)22-11-8-14(9-12-22)19(25)26/h2-7,10,14H,8-9,11-12H2,1H3,(H,20,23)(H,25,26). The summed E-state index contributed by atoms with van der Waals surface area (Å²) in [5, 5.41) is 11.8. The lowest BCUT2D eigenvalue weighted by Gasteiger charge is -2.30. The molecule has 7 nitrogen and oxygen atoms in total. The number of aryl methyl sites for hydroxylation is 1. The molecule has 26 heavy (non-hydrogen) atoms. The van der Waals surface area contributed by atoms with Crippen molar-refractivity contribution in [1.82, 2.24) is 9.47 Å². The highest BCUT2D eigenvalue weighted by Crippen LogP contribution is 2.20. The first kappa shape index (κ1) is 17.7. The average Bonchev–Trinajstić information content (AvgIpc) is 3.08. The van der Waals surface area contributed by atoms with Gasteiger partial charge in [-0.25, -0.2) is 0 Å². The quantitative estimate of drug-likeness (QED) is 0.880. The largest absolute Gasteiger partial charge is 0.481 e. The zero-order chi connectivity index (χ0) is 18.7. The average molecular weight is 355 g/mol. The number of hydrogen-bond donors (Lipinski definition) is 2. The van der Waals surface area contributed by atoms with Crippen LogP contribution in [0.25, 0.3) is 0 Å². The van der Waals surface area contributed by atoms with Gasteiger partial charge in [-0.2, -0.15) is 0 Å². The molecule has 1 aliphatic heterocycles. The van der Waals surface area contributed by atoms with Gasteiger partial charge in [0.25, 0.3) is 11.8 Å². The van der Waals surface area contributed by atoms with E-state index in [1.165, 1.54) is 0 Å². The molecular formula is C19H21N3O4. The van der Waals surface area contributed by atoms with E-state index in [2.05, 4.69) is 5.32 Å². The van der Waals surface area contributed by atoms with Gasteiger partial charge in [0, 0.05) is 37.6 Å². The fourth-order valence-electron chi connectivity index (χ4n) is 3.10. The lowest BCUT2D eigenvalue weighted by Crippen LogP contribution is -2.40. The number of piperidine rings is 1. The molecule has 1 saturated heterocycles. The number of hydrogen-bond acceptors (Lipinski definition) is 3. The van der Waals surface area contributed by atoms with Crippen molar-refractivity contribution in [3.8, 4) is 0 Å². The maximum Gasteiger partial charge on any atom is 0.306 e. The number of carbonyl (C=O) groups is 3. The van der Waals surface area contributed by atoms with E-state index in [1.807, 2.05) is 0 Å². The van der Waals surface area contributed by atoms with Gasteiger partial charge in [0.15, 0.2) is 0 Å². The number of carboxylic acid groups (broad SMARTS) is 1. The van der Waals surface area contributed by atoms with Crippen LogP contribution in [0.3, 0.4) is 0 Å². The van der Waals surface area contributed by atoms with Crippen molar-refractivity contribution < 1.29 is 19.5 Å². The number of benzene rings is 1. The number of aromatic nitrogens is 1. The molecule has 0 atom stereocenters. The molecule has 0 aliphatic carbocycles. The highest BCUT2D eigenvalue weighted by Gasteiger charge is 2.27. The molecule has 0 radical (unpaired) electrons. The van der Waals surface area contributed by atoms with Crippen LogP contribution in [-0.2, 0) is 11.8 Å². The molecule has 136 valence electrons. The Morgan fingerprint density at radius 1 is 1.08 bits per heavy atom. The van der Waals surface area contributed by atoms with Gasteiger partial charge in [0.1, 0.15) is 5.69 Å². The summed E-state index contributed by atoms with van der Waals surface area (Å²) in [6.45, 7) is 0.892. The summed E-state index contributed by atoms with van der Waals surface area (Å²) < 4.78 is 1.73. The van der Waals surface area contributed by atoms with Gasteiger partial charge in [-0.1, -0.05) is 0 Å². The van der Waals surface area contributed by atoms with E-state index in [9.17, 15) is 14.4 Å². The monoisotopic (exact) mass is 355 g/mol. The van der Waals surface area contributed by atoms with Crippen molar-refractivity contribution in [2.75, 3.05) is 18.4 Å². The third kappa shape index (κ3) is 3.77. The van der Waals surface area contributed by atoms with Crippen LogP contribution >= 0.6 is 0 Å². The molecule has 0 saturated carbocycles. The molecule has 1 aromatic heterocycles. The van der Waals surface area contributed by atoms with Crippen molar-refractivity contribution in [3.05, 3.63) is 53.9 Å². The fourth-order valence-corrected chi connectivity index (χ4v) is 3.10. The van der Waals surface area contributed by atoms with Crippen LogP contribution in [0.2, 0.25) is 0 Å². The first-order valence-electron chi connectivity index (χ1n) is 8.50. The molecule has 0 bridgehead atoms. The Hall–Kier alpha value is -3.09. The van der Waals surface area contributed by atoms with E-state index in [0.717, 1.165) is 0 Å². The summed E-state index contributed by atoms with van der Waals surface area (Å²) in [7, 11) is 1.80. The highest BCUT2D eigenvalue weighted by atomic mass is 16.4. The van der Waals surface area contributed by atoms with Crippen LogP contribution in [-0.4, -0.2) is 45.4 Å². The molecule has 0 spiro atoms. The minimum absolute atomic E-state index is 0.117. The van der Waals surface area contributed by atoms with Crippen LogP contribution in [0.1, 0.15) is 33.7 Å². The van der Waals surface area contributed by atoms with E-state index >= 15 is 0 Å². The minimum atomic E-state index is -0.796. The summed E-state index contributed by atoms with van der Waals surface area (Å²) in [4.78, 5) is 37.4. The summed E-state index contributed by atoms with van der Waals surface area (Å²) in [5.74, 6) is -1.49. The Labute approximate surface area is 151 Å². The maximum atomic E-state index is 12.5. The Kier molecular flexibility index (Phi) is 5.06. The van der Waals surface area contributed by atoms with E-state index in [0.29, 0.717) is 42.9 Å². The van der Waals surface area contributed by atoms with Crippen molar-refractivity contribution in [2.45, 2.75) is 12.8 Å². The van der Waals surface area contributed by atoms with Crippen molar-refractivity contribution >= 4 is 23.5 Å². The maximum absolute atomic E-state index is 12.5.